The molecule has 5 aliphatic rings. The number of likely N-dealkylation sites (tertiary alicyclic amines) is 1. The first-order chi connectivity index (χ1) is 35.3. The first-order valence-corrected chi connectivity index (χ1v) is 24.7. The van der Waals surface area contributed by atoms with E-state index in [2.05, 4.69) is 26.4 Å². The summed E-state index contributed by atoms with van der Waals surface area (Å²) in [6.45, 7) is 5.36. The summed E-state index contributed by atoms with van der Waals surface area (Å²) in [6.07, 6.45) is 3.39. The first kappa shape index (κ1) is 52.5. The van der Waals surface area contributed by atoms with Gasteiger partial charge in [-0.25, -0.2) is 13.6 Å². The molecule has 0 bridgehead atoms. The van der Waals surface area contributed by atoms with Crippen molar-refractivity contribution in [3.05, 3.63) is 76.2 Å². The minimum absolute atomic E-state index is 0.00591. The highest BCUT2D eigenvalue weighted by atomic mass is 19.3. The van der Waals surface area contributed by atoms with Crippen molar-refractivity contribution in [3.63, 3.8) is 0 Å². The molecule has 1 atom stereocenters. The number of imide groups is 2. The second-order valence-corrected chi connectivity index (χ2v) is 18.3. The highest BCUT2D eigenvalue weighted by molar-refractivity contribution is 6.23. The minimum Gasteiger partial charge on any atom is -0.385 e. The number of benzene rings is 2. The lowest BCUT2D eigenvalue weighted by molar-refractivity contribution is -0.136. The number of urea groups is 1. The van der Waals surface area contributed by atoms with E-state index in [-0.39, 0.29) is 72.9 Å². The lowest BCUT2D eigenvalue weighted by Crippen LogP contribution is -2.54. The van der Waals surface area contributed by atoms with E-state index in [9.17, 15) is 43.0 Å². The van der Waals surface area contributed by atoms with Crippen LogP contribution in [0.5, 0.6) is 0 Å². The maximum atomic E-state index is 14.5. The number of nitrogens with one attached hydrogen (secondary N) is 5. The zero-order valence-corrected chi connectivity index (χ0v) is 41.1. The fraction of sp³-hybridized carbons (Fsp3) is 0.520. The van der Waals surface area contributed by atoms with Gasteiger partial charge < -0.3 is 49.6 Å². The van der Waals surface area contributed by atoms with Crippen LogP contribution >= 0.6 is 0 Å². The van der Waals surface area contributed by atoms with Gasteiger partial charge in [-0.3, -0.25) is 44.3 Å². The van der Waals surface area contributed by atoms with E-state index in [1.165, 1.54) is 6.07 Å². The van der Waals surface area contributed by atoms with Gasteiger partial charge in [0.2, 0.25) is 17.7 Å². The Bertz CT molecular complexity index is 2600. The molecule has 2 fully saturated rings. The molecule has 73 heavy (non-hydrogen) atoms. The molecule has 2 aromatic carbocycles. The van der Waals surface area contributed by atoms with Crippen LogP contribution in [0.15, 0.2) is 54.0 Å². The Hall–Kier alpha value is -6.82. The molecule has 1 unspecified atom stereocenters. The van der Waals surface area contributed by atoms with Crippen LogP contribution in [0.1, 0.15) is 76.8 Å². The zero-order chi connectivity index (χ0) is 51.6. The molecule has 21 nitrogen and oxygen atoms in total. The standard InChI is InChI=1S/C50H63F2N11O10/c1-54-50(69)61-15-10-40(39(30-61)46(53)62-16-7-31-25-36(32-28-56-59(2)29-32)37(45(51)52)27-42(31)62)57-33-8-13-60(14-9-33)44(65)11-17-70-19-21-72-23-24-73-22-20-71-18-12-55-34-3-4-35-38(26-34)49(68)63(48(35)67)41-5-6-43(64)58-47(41)66/h3-4,25-29,33,41,45,53,55,57H,5-24,30H2,1-2H3,(H,54,69)(H,58,64,66). The van der Waals surface area contributed by atoms with Gasteiger partial charge >= 0.3 is 6.03 Å². The second kappa shape index (κ2) is 24.3. The number of carbonyl (C=O) groups excluding carboxylic acids is 6. The predicted octanol–water partition coefficient (Wildman–Crippen LogP) is 3.21. The molecule has 0 aliphatic carbocycles. The van der Waals surface area contributed by atoms with Crippen LogP contribution in [0.4, 0.5) is 25.0 Å². The third-order valence-electron chi connectivity index (χ3n) is 13.6. The van der Waals surface area contributed by atoms with Crippen LogP contribution in [0.2, 0.25) is 0 Å². The topological polar surface area (TPSA) is 242 Å². The van der Waals surface area contributed by atoms with Gasteiger partial charge in [-0.15, -0.1) is 0 Å². The second-order valence-electron chi connectivity index (χ2n) is 18.3. The van der Waals surface area contributed by atoms with E-state index in [0.717, 1.165) is 16.2 Å². The third kappa shape index (κ3) is 12.5. The summed E-state index contributed by atoms with van der Waals surface area (Å²) < 4.78 is 53.0. The van der Waals surface area contributed by atoms with E-state index in [4.69, 9.17) is 18.9 Å². The molecular weight excluding hydrogens is 953 g/mol. The molecule has 8 rings (SSSR count). The number of ether oxygens (including phenoxy) is 4. The quantitative estimate of drug-likeness (QED) is 0.0421. The Balaban J connectivity index is 0.684. The summed E-state index contributed by atoms with van der Waals surface area (Å²) >= 11 is 0. The number of nitrogens with zero attached hydrogens (tertiary/aromatic N) is 6. The Morgan fingerprint density at radius 2 is 1.52 bits per heavy atom. The van der Waals surface area contributed by atoms with Gasteiger partial charge in [0.05, 0.1) is 83.1 Å². The van der Waals surface area contributed by atoms with Crippen molar-refractivity contribution in [2.75, 3.05) is 109 Å². The molecule has 23 heteroatoms. The van der Waals surface area contributed by atoms with Crippen LogP contribution in [-0.2, 0) is 46.8 Å². The van der Waals surface area contributed by atoms with Crippen LogP contribution in [0.3, 0.4) is 0 Å². The Morgan fingerprint density at radius 1 is 0.822 bits per heavy atom. The normalized spacial score (nSPS) is 18.2. The van der Waals surface area contributed by atoms with E-state index >= 15 is 0 Å². The fourth-order valence-corrected chi connectivity index (χ4v) is 9.76. The Labute approximate surface area is 421 Å². The van der Waals surface area contributed by atoms with E-state index in [1.54, 1.807) is 65.2 Å². The van der Waals surface area contributed by atoms with E-state index in [0.29, 0.717) is 133 Å². The smallest absolute Gasteiger partial charge is 0.317 e. The number of alkyl halides is 2. The van der Waals surface area contributed by atoms with Crippen LogP contribution < -0.4 is 26.2 Å². The van der Waals surface area contributed by atoms with Gasteiger partial charge in [0.15, 0.2) is 0 Å². The van der Waals surface area contributed by atoms with Gasteiger partial charge in [0.1, 0.15) is 11.9 Å². The molecule has 5 aliphatic heterocycles. The molecule has 3 aromatic rings. The number of halogens is 2. The number of piperidine rings is 2. The number of amides is 7. The number of aryl methyl sites for hydroxylation is 1. The highest BCUT2D eigenvalue weighted by Crippen LogP contribution is 2.40. The fourth-order valence-electron chi connectivity index (χ4n) is 9.76. The zero-order valence-electron chi connectivity index (χ0n) is 41.1. The number of amidine groups is 1. The van der Waals surface area contributed by atoms with Crippen LogP contribution in [-0.4, -0.2) is 177 Å². The minimum atomic E-state index is -2.73. The molecule has 1 aromatic heterocycles. The molecule has 0 radical (unpaired) electrons. The molecule has 6 heterocycles. The number of fused-ring (bicyclic) bond motifs is 2. The van der Waals surface area contributed by atoms with E-state index < -0.39 is 36.1 Å². The van der Waals surface area contributed by atoms with Crippen LogP contribution in [0.25, 0.3) is 11.1 Å². The lowest BCUT2D eigenvalue weighted by atomic mass is 9.97. The lowest BCUT2D eigenvalue weighted by Gasteiger charge is -2.37. The average molecular weight is 1020 g/mol. The molecule has 7 amide bonds. The van der Waals surface area contributed by atoms with Gasteiger partial charge in [-0.2, -0.15) is 5.10 Å². The predicted molar refractivity (Wildman–Crippen MR) is 262 cm³/mol. The SMILES string of the molecule is CNC(=O)N1CCC(NC2CCN(C(=O)CCOCCOCCOCCOCCNc3ccc4c(c3)C(=O)N(C3CCC(=O)NC3=O)C4=O)CC2)=C(C(=N)N2CCc3cc(-c4cnn(C)c4)c(C(F)F)cc32)C1. The van der Waals surface area contributed by atoms with Crippen molar-refractivity contribution >= 4 is 52.8 Å². The Kier molecular flexibility index (Phi) is 17.5. The first-order valence-electron chi connectivity index (χ1n) is 24.7. The van der Waals surface area contributed by atoms with Gasteiger partial charge in [-0.05, 0) is 67.1 Å². The summed E-state index contributed by atoms with van der Waals surface area (Å²) in [5.74, 6) is -2.03. The number of carbonyl (C=O) groups is 6. The van der Waals surface area contributed by atoms with Crippen molar-refractivity contribution < 1.29 is 56.5 Å². The number of aromatic nitrogens is 2. The van der Waals surface area contributed by atoms with Crippen molar-refractivity contribution in [2.24, 2.45) is 7.05 Å². The number of rotatable bonds is 22. The average Bonchev–Trinajstić information content (AvgIpc) is 4.09. The summed E-state index contributed by atoms with van der Waals surface area (Å²) in [7, 11) is 3.30. The molecule has 2 saturated heterocycles. The van der Waals surface area contributed by atoms with Gasteiger partial charge in [0, 0.05) is 106 Å². The monoisotopic (exact) mass is 1020 g/mol. The number of anilines is 2. The third-order valence-corrected chi connectivity index (χ3v) is 13.6. The molecule has 0 spiro atoms. The van der Waals surface area contributed by atoms with Crippen molar-refractivity contribution in [3.8, 4) is 11.1 Å². The van der Waals surface area contributed by atoms with Crippen molar-refractivity contribution in [1.82, 2.24) is 40.4 Å². The molecular formula is C50H63F2N11O10. The molecule has 5 N–H and O–H groups in total. The molecule has 0 saturated carbocycles. The number of hydrogen-bond acceptors (Lipinski definition) is 14. The maximum absolute atomic E-state index is 14.5. The van der Waals surface area contributed by atoms with Crippen molar-refractivity contribution in [2.45, 2.75) is 63.5 Å². The van der Waals surface area contributed by atoms with Crippen molar-refractivity contribution in [1.29, 1.82) is 5.41 Å². The summed E-state index contributed by atoms with van der Waals surface area (Å²) in [5.41, 5.74) is 4.85. The van der Waals surface area contributed by atoms with Gasteiger partial charge in [0.25, 0.3) is 18.2 Å². The highest BCUT2D eigenvalue weighted by Gasteiger charge is 2.45. The summed E-state index contributed by atoms with van der Waals surface area (Å²) in [4.78, 5) is 81.8. The largest absolute Gasteiger partial charge is 0.385 e. The Morgan fingerprint density at radius 3 is 2.19 bits per heavy atom. The molecule has 392 valence electrons. The summed E-state index contributed by atoms with van der Waals surface area (Å²) in [5, 5.41) is 25.3. The van der Waals surface area contributed by atoms with Crippen LogP contribution in [0, 0.1) is 5.41 Å². The maximum Gasteiger partial charge on any atom is 0.317 e. The van der Waals surface area contributed by atoms with Gasteiger partial charge in [-0.1, -0.05) is 0 Å². The number of hydrogen-bond donors (Lipinski definition) is 5. The summed E-state index contributed by atoms with van der Waals surface area (Å²) in [6, 6.07) is 6.84. The van der Waals surface area contributed by atoms with E-state index in [1.807, 2.05) is 4.90 Å².